The van der Waals surface area contributed by atoms with E-state index in [9.17, 15) is 22.4 Å². The van der Waals surface area contributed by atoms with E-state index in [2.05, 4.69) is 10.1 Å². The molecule has 0 heterocycles. The van der Waals surface area contributed by atoms with Crippen molar-refractivity contribution >= 4 is 40.5 Å². The predicted molar refractivity (Wildman–Crippen MR) is 88.0 cm³/mol. The van der Waals surface area contributed by atoms with Crippen LogP contribution in [0.1, 0.15) is 10.4 Å². The predicted octanol–water partition coefficient (Wildman–Crippen LogP) is 4.03. The lowest BCUT2D eigenvalue weighted by Gasteiger charge is -2.12. The molecule has 2 aromatic rings. The van der Waals surface area contributed by atoms with Crippen LogP contribution < -0.4 is 15.4 Å². The lowest BCUT2D eigenvalue weighted by atomic mass is 10.1. The molecule has 132 valence electrons. The van der Waals surface area contributed by atoms with Gasteiger partial charge in [-0.3, -0.25) is 10.1 Å². The number of thiocarbonyl (C=S) groups is 1. The lowest BCUT2D eigenvalue weighted by molar-refractivity contribution is 0.0972. The molecule has 0 aliphatic heterocycles. The maximum Gasteiger partial charge on any atom is 0.260 e. The molecule has 0 saturated carbocycles. The Morgan fingerprint density at radius 1 is 1.12 bits per heavy atom. The fourth-order valence-corrected chi connectivity index (χ4v) is 2.20. The van der Waals surface area contributed by atoms with Gasteiger partial charge in [-0.05, 0) is 36.5 Å². The Morgan fingerprint density at radius 2 is 1.80 bits per heavy atom. The molecule has 0 aliphatic carbocycles. The number of anilines is 1. The van der Waals surface area contributed by atoms with E-state index in [-0.39, 0.29) is 10.7 Å². The normalized spacial score (nSPS) is 10.3. The average molecular weight is 393 g/mol. The number of rotatable bonds is 3. The maximum atomic E-state index is 14.0. The highest BCUT2D eigenvalue weighted by molar-refractivity contribution is 7.80. The fraction of sp³-hybridized carbons (Fsp3) is 0.0667. The summed E-state index contributed by atoms with van der Waals surface area (Å²) in [5.74, 6) is -7.43. The molecule has 0 bridgehead atoms. The van der Waals surface area contributed by atoms with E-state index >= 15 is 0 Å². The first-order valence-corrected chi connectivity index (χ1v) is 7.32. The van der Waals surface area contributed by atoms with Crippen molar-refractivity contribution in [2.45, 2.75) is 0 Å². The van der Waals surface area contributed by atoms with Crippen molar-refractivity contribution in [2.24, 2.45) is 0 Å². The summed E-state index contributed by atoms with van der Waals surface area (Å²) in [5, 5.41) is 4.13. The molecule has 0 fully saturated rings. The van der Waals surface area contributed by atoms with E-state index in [1.165, 1.54) is 12.1 Å². The minimum atomic E-state index is -1.57. The SMILES string of the molecule is COc1c(F)c(F)cc(C(=O)NC(=S)Nc2ccc(Cl)cc2F)c1F. The third kappa shape index (κ3) is 4.18. The molecule has 25 heavy (non-hydrogen) atoms. The van der Waals surface area contributed by atoms with Gasteiger partial charge in [0.2, 0.25) is 5.82 Å². The molecule has 0 atom stereocenters. The van der Waals surface area contributed by atoms with Gasteiger partial charge in [-0.15, -0.1) is 0 Å². The molecule has 0 aliphatic rings. The zero-order chi connectivity index (χ0) is 18.7. The van der Waals surface area contributed by atoms with Crippen LogP contribution in [0.25, 0.3) is 0 Å². The second-order valence-corrected chi connectivity index (χ2v) is 5.44. The number of hydrogen-bond acceptors (Lipinski definition) is 3. The van der Waals surface area contributed by atoms with Gasteiger partial charge < -0.3 is 10.1 Å². The Hall–Kier alpha value is -2.39. The lowest BCUT2D eigenvalue weighted by Crippen LogP contribution is -2.35. The molecule has 0 aromatic heterocycles. The summed E-state index contributed by atoms with van der Waals surface area (Å²) in [6, 6.07) is 4.00. The van der Waals surface area contributed by atoms with E-state index in [1.54, 1.807) is 0 Å². The van der Waals surface area contributed by atoms with Gasteiger partial charge in [0.05, 0.1) is 18.4 Å². The number of amides is 1. The number of carbonyl (C=O) groups excluding carboxylic acids is 1. The van der Waals surface area contributed by atoms with Crippen LogP contribution in [0, 0.1) is 23.3 Å². The number of hydrogen-bond donors (Lipinski definition) is 2. The first-order chi connectivity index (χ1) is 11.7. The molecule has 0 spiro atoms. The topological polar surface area (TPSA) is 50.4 Å². The first kappa shape index (κ1) is 18.9. The zero-order valence-electron chi connectivity index (χ0n) is 12.4. The van der Waals surface area contributed by atoms with Crippen LogP contribution in [0.3, 0.4) is 0 Å². The standard InChI is InChI=1S/C15H9ClF4N2O2S/c1-24-13-11(19)7(5-9(18)12(13)20)14(23)22-15(25)21-10-3-2-6(16)4-8(10)17/h2-5H,1H3,(H2,21,22,23,25). The smallest absolute Gasteiger partial charge is 0.260 e. The summed E-state index contributed by atoms with van der Waals surface area (Å²) in [6.07, 6.45) is 0. The van der Waals surface area contributed by atoms with Gasteiger partial charge in [0.25, 0.3) is 5.91 Å². The second kappa shape index (κ2) is 7.66. The van der Waals surface area contributed by atoms with Crippen LogP contribution >= 0.6 is 23.8 Å². The number of carbonyl (C=O) groups is 1. The van der Waals surface area contributed by atoms with Crippen molar-refractivity contribution in [3.8, 4) is 5.75 Å². The van der Waals surface area contributed by atoms with Gasteiger partial charge in [0.15, 0.2) is 22.5 Å². The highest BCUT2D eigenvalue weighted by Crippen LogP contribution is 2.27. The van der Waals surface area contributed by atoms with Gasteiger partial charge in [-0.1, -0.05) is 11.6 Å². The summed E-state index contributed by atoms with van der Waals surface area (Å²) in [5.41, 5.74) is -0.936. The Kier molecular flexibility index (Phi) is 5.81. The van der Waals surface area contributed by atoms with Crippen molar-refractivity contribution < 1.29 is 27.1 Å². The number of methoxy groups -OCH3 is 1. The molecule has 2 rings (SSSR count). The van der Waals surface area contributed by atoms with Gasteiger partial charge >= 0.3 is 0 Å². The monoisotopic (exact) mass is 392 g/mol. The van der Waals surface area contributed by atoms with E-state index in [0.29, 0.717) is 6.07 Å². The van der Waals surface area contributed by atoms with Crippen molar-refractivity contribution in [3.05, 3.63) is 58.1 Å². The Bertz CT molecular complexity index is 864. The minimum Gasteiger partial charge on any atom is -0.491 e. The number of benzene rings is 2. The first-order valence-electron chi connectivity index (χ1n) is 6.53. The average Bonchev–Trinajstić information content (AvgIpc) is 2.54. The molecule has 0 unspecified atom stereocenters. The molecule has 1 amide bonds. The van der Waals surface area contributed by atoms with Crippen molar-refractivity contribution in [2.75, 3.05) is 12.4 Å². The van der Waals surface area contributed by atoms with E-state index in [1.807, 2.05) is 5.32 Å². The summed E-state index contributed by atoms with van der Waals surface area (Å²) in [7, 11) is 0.915. The number of nitrogens with one attached hydrogen (secondary N) is 2. The molecule has 0 radical (unpaired) electrons. The van der Waals surface area contributed by atoms with Crippen molar-refractivity contribution in [1.82, 2.24) is 5.32 Å². The summed E-state index contributed by atoms with van der Waals surface area (Å²) >= 11 is 10.4. The molecule has 0 saturated heterocycles. The number of halogens is 5. The van der Waals surface area contributed by atoms with Crippen molar-refractivity contribution in [3.63, 3.8) is 0 Å². The highest BCUT2D eigenvalue weighted by Gasteiger charge is 2.24. The maximum absolute atomic E-state index is 14.0. The van der Waals surface area contributed by atoms with Crippen LogP contribution in [-0.4, -0.2) is 18.1 Å². The van der Waals surface area contributed by atoms with Crippen molar-refractivity contribution in [1.29, 1.82) is 0 Å². The van der Waals surface area contributed by atoms with Crippen LogP contribution in [0.5, 0.6) is 5.75 Å². The van der Waals surface area contributed by atoms with Gasteiger partial charge in [-0.2, -0.15) is 4.39 Å². The highest BCUT2D eigenvalue weighted by atomic mass is 35.5. The fourth-order valence-electron chi connectivity index (χ4n) is 1.84. The second-order valence-electron chi connectivity index (χ2n) is 4.60. The van der Waals surface area contributed by atoms with E-state index < -0.39 is 45.6 Å². The zero-order valence-corrected chi connectivity index (χ0v) is 14.0. The van der Waals surface area contributed by atoms with E-state index in [4.69, 9.17) is 23.8 Å². The summed E-state index contributed by atoms with van der Waals surface area (Å²) in [4.78, 5) is 12.0. The Labute approximate surface area is 149 Å². The van der Waals surface area contributed by atoms with Gasteiger partial charge in [-0.25, -0.2) is 13.2 Å². The minimum absolute atomic E-state index is 0.0990. The largest absolute Gasteiger partial charge is 0.491 e. The summed E-state index contributed by atoms with van der Waals surface area (Å²) in [6.45, 7) is 0. The van der Waals surface area contributed by atoms with Crippen LogP contribution in [0.4, 0.5) is 23.2 Å². The molecular weight excluding hydrogens is 384 g/mol. The molecule has 10 heteroatoms. The Morgan fingerprint density at radius 3 is 2.40 bits per heavy atom. The molecular formula is C15H9ClF4N2O2S. The third-order valence-electron chi connectivity index (χ3n) is 2.97. The van der Waals surface area contributed by atoms with Gasteiger partial charge in [0, 0.05) is 5.02 Å². The molecule has 2 N–H and O–H groups in total. The molecule has 4 nitrogen and oxygen atoms in total. The third-order valence-corrected chi connectivity index (χ3v) is 3.41. The number of ether oxygens (including phenoxy) is 1. The van der Waals surface area contributed by atoms with Crippen LogP contribution in [0.2, 0.25) is 5.02 Å². The summed E-state index contributed by atoms with van der Waals surface area (Å²) < 4.78 is 58.9. The quantitative estimate of drug-likeness (QED) is 0.470. The van der Waals surface area contributed by atoms with Crippen LogP contribution in [-0.2, 0) is 0 Å². The Balaban J connectivity index is 2.19. The van der Waals surface area contributed by atoms with Gasteiger partial charge in [0.1, 0.15) is 5.82 Å². The molecule has 2 aromatic carbocycles. The van der Waals surface area contributed by atoms with Crippen LogP contribution in [0.15, 0.2) is 24.3 Å². The van der Waals surface area contributed by atoms with E-state index in [0.717, 1.165) is 13.2 Å².